The summed E-state index contributed by atoms with van der Waals surface area (Å²) in [5.74, 6) is -4.95. The lowest BCUT2D eigenvalue weighted by Gasteiger charge is -2.15. The Balaban J connectivity index is 2.70. The molecule has 0 saturated carbocycles. The predicted octanol–water partition coefficient (Wildman–Crippen LogP) is 1.94. The third-order valence-electron chi connectivity index (χ3n) is 2.60. The molecule has 1 aromatic rings. The predicted molar refractivity (Wildman–Crippen MR) is 64.2 cm³/mol. The molecular weight excluding hydrogens is 256 g/mol. The van der Waals surface area contributed by atoms with Crippen LogP contribution in [0, 0.1) is 23.5 Å². The van der Waals surface area contributed by atoms with Gasteiger partial charge in [0, 0.05) is 12.6 Å². The van der Waals surface area contributed by atoms with Crippen molar-refractivity contribution in [3.63, 3.8) is 0 Å². The van der Waals surface area contributed by atoms with E-state index in [1.54, 1.807) is 13.8 Å². The van der Waals surface area contributed by atoms with Crippen LogP contribution in [0.1, 0.15) is 19.4 Å². The van der Waals surface area contributed by atoms with Gasteiger partial charge in [0.1, 0.15) is 17.6 Å². The molecule has 6 heteroatoms. The SMILES string of the molecule is CC(C)C(C(=O)O)C(=O)NCc1cc(F)cc(F)c1. The quantitative estimate of drug-likeness (QED) is 0.804. The van der Waals surface area contributed by atoms with Crippen molar-refractivity contribution in [2.75, 3.05) is 0 Å². The molecule has 0 radical (unpaired) electrons. The van der Waals surface area contributed by atoms with Crippen molar-refractivity contribution in [1.29, 1.82) is 0 Å². The van der Waals surface area contributed by atoms with Gasteiger partial charge in [-0.25, -0.2) is 8.78 Å². The summed E-state index contributed by atoms with van der Waals surface area (Å²) in [5, 5.41) is 11.3. The second-order valence-electron chi connectivity index (χ2n) is 4.56. The van der Waals surface area contributed by atoms with Crippen molar-refractivity contribution in [2.45, 2.75) is 20.4 Å². The summed E-state index contributed by atoms with van der Waals surface area (Å²) in [6.07, 6.45) is 0. The third-order valence-corrected chi connectivity index (χ3v) is 2.60. The lowest BCUT2D eigenvalue weighted by atomic mass is 9.95. The number of carboxylic acids is 1. The Morgan fingerprint density at radius 1 is 1.21 bits per heavy atom. The van der Waals surface area contributed by atoms with Gasteiger partial charge in [0.15, 0.2) is 0 Å². The summed E-state index contributed by atoms with van der Waals surface area (Å²) in [5.41, 5.74) is 0.235. The normalized spacial score (nSPS) is 12.3. The summed E-state index contributed by atoms with van der Waals surface area (Å²) in [4.78, 5) is 22.6. The molecule has 0 heterocycles. The zero-order valence-corrected chi connectivity index (χ0v) is 10.6. The minimum absolute atomic E-state index is 0.121. The number of aliphatic carboxylic acids is 1. The lowest BCUT2D eigenvalue weighted by Crippen LogP contribution is -2.38. The maximum absolute atomic E-state index is 12.9. The zero-order valence-electron chi connectivity index (χ0n) is 10.6. The minimum Gasteiger partial charge on any atom is -0.481 e. The van der Waals surface area contributed by atoms with Crippen LogP contribution in [-0.4, -0.2) is 17.0 Å². The van der Waals surface area contributed by atoms with Crippen molar-refractivity contribution >= 4 is 11.9 Å². The molecule has 1 rings (SSSR count). The molecule has 0 aromatic heterocycles. The van der Waals surface area contributed by atoms with E-state index in [2.05, 4.69) is 5.32 Å². The van der Waals surface area contributed by atoms with E-state index in [4.69, 9.17) is 5.11 Å². The molecule has 19 heavy (non-hydrogen) atoms. The highest BCUT2D eigenvalue weighted by molar-refractivity contribution is 5.97. The van der Waals surface area contributed by atoms with E-state index >= 15 is 0 Å². The van der Waals surface area contributed by atoms with Gasteiger partial charge in [-0.3, -0.25) is 9.59 Å². The van der Waals surface area contributed by atoms with Crippen molar-refractivity contribution in [3.8, 4) is 0 Å². The smallest absolute Gasteiger partial charge is 0.316 e. The molecule has 0 aliphatic rings. The molecule has 104 valence electrons. The highest BCUT2D eigenvalue weighted by Gasteiger charge is 2.29. The first-order valence-corrected chi connectivity index (χ1v) is 5.76. The number of hydrogen-bond donors (Lipinski definition) is 2. The van der Waals surface area contributed by atoms with E-state index in [9.17, 15) is 18.4 Å². The molecule has 1 atom stereocenters. The standard InChI is InChI=1S/C13H15F2NO3/c1-7(2)11(13(18)19)12(17)16-6-8-3-9(14)5-10(15)4-8/h3-5,7,11H,6H2,1-2H3,(H,16,17)(H,18,19). The third kappa shape index (κ3) is 4.31. The molecule has 0 saturated heterocycles. The van der Waals surface area contributed by atoms with Crippen LogP contribution in [0.2, 0.25) is 0 Å². The van der Waals surface area contributed by atoms with E-state index < -0.39 is 29.4 Å². The highest BCUT2D eigenvalue weighted by atomic mass is 19.1. The van der Waals surface area contributed by atoms with Crippen LogP contribution < -0.4 is 5.32 Å². The monoisotopic (exact) mass is 271 g/mol. The fourth-order valence-corrected chi connectivity index (χ4v) is 1.71. The van der Waals surface area contributed by atoms with Crippen LogP contribution >= 0.6 is 0 Å². The molecule has 1 aromatic carbocycles. The molecule has 0 bridgehead atoms. The van der Waals surface area contributed by atoms with Gasteiger partial charge in [0.25, 0.3) is 0 Å². The summed E-state index contributed by atoms with van der Waals surface area (Å²) < 4.78 is 25.8. The average Bonchev–Trinajstić information content (AvgIpc) is 2.23. The Kier molecular flexibility index (Phi) is 4.97. The fourth-order valence-electron chi connectivity index (χ4n) is 1.71. The number of amides is 1. The van der Waals surface area contributed by atoms with Gasteiger partial charge >= 0.3 is 5.97 Å². The van der Waals surface area contributed by atoms with E-state index in [0.717, 1.165) is 18.2 Å². The molecule has 0 spiro atoms. The van der Waals surface area contributed by atoms with Crippen molar-refractivity contribution in [3.05, 3.63) is 35.4 Å². The summed E-state index contributed by atoms with van der Waals surface area (Å²) in [6, 6.07) is 2.88. The Bertz CT molecular complexity index is 469. The number of rotatable bonds is 5. The molecule has 4 nitrogen and oxygen atoms in total. The first-order valence-electron chi connectivity index (χ1n) is 5.76. The zero-order chi connectivity index (χ0) is 14.6. The second kappa shape index (κ2) is 6.26. The number of nitrogens with one attached hydrogen (secondary N) is 1. The summed E-state index contributed by atoms with van der Waals surface area (Å²) >= 11 is 0. The first-order chi connectivity index (χ1) is 8.81. The second-order valence-corrected chi connectivity index (χ2v) is 4.56. The first kappa shape index (κ1) is 15.1. The van der Waals surface area contributed by atoms with Crippen LogP contribution in [0.5, 0.6) is 0 Å². The maximum atomic E-state index is 12.9. The van der Waals surface area contributed by atoms with Crippen molar-refractivity contribution < 1.29 is 23.5 Å². The van der Waals surface area contributed by atoms with Gasteiger partial charge < -0.3 is 10.4 Å². The number of halogens is 2. The molecule has 0 aliphatic carbocycles. The van der Waals surface area contributed by atoms with Gasteiger partial charge in [-0.05, 0) is 23.6 Å². The van der Waals surface area contributed by atoms with Gasteiger partial charge in [-0.15, -0.1) is 0 Å². The van der Waals surface area contributed by atoms with Crippen LogP contribution in [0.4, 0.5) is 8.78 Å². The largest absolute Gasteiger partial charge is 0.481 e. The molecular formula is C13H15F2NO3. The molecule has 2 N–H and O–H groups in total. The summed E-state index contributed by atoms with van der Waals surface area (Å²) in [7, 11) is 0. The van der Waals surface area contributed by atoms with Crippen LogP contribution in [0.25, 0.3) is 0 Å². The molecule has 0 aliphatic heterocycles. The van der Waals surface area contributed by atoms with E-state index in [1.165, 1.54) is 0 Å². The van der Waals surface area contributed by atoms with Gasteiger partial charge in [-0.2, -0.15) is 0 Å². The van der Waals surface area contributed by atoms with E-state index in [1.807, 2.05) is 0 Å². The Morgan fingerprint density at radius 2 is 1.74 bits per heavy atom. The number of carbonyl (C=O) groups excluding carboxylic acids is 1. The maximum Gasteiger partial charge on any atom is 0.316 e. The van der Waals surface area contributed by atoms with Crippen LogP contribution in [-0.2, 0) is 16.1 Å². The average molecular weight is 271 g/mol. The number of carboxylic acid groups (broad SMARTS) is 1. The van der Waals surface area contributed by atoms with Gasteiger partial charge in [0.2, 0.25) is 5.91 Å². The molecule has 1 unspecified atom stereocenters. The van der Waals surface area contributed by atoms with Crippen LogP contribution in [0.15, 0.2) is 18.2 Å². The Labute approximate surface area is 109 Å². The Morgan fingerprint density at radius 3 is 2.16 bits per heavy atom. The molecule has 0 fully saturated rings. The van der Waals surface area contributed by atoms with Crippen LogP contribution in [0.3, 0.4) is 0 Å². The number of carbonyl (C=O) groups is 2. The number of benzene rings is 1. The topological polar surface area (TPSA) is 66.4 Å². The van der Waals surface area contributed by atoms with E-state index in [-0.39, 0.29) is 18.0 Å². The molecule has 1 amide bonds. The van der Waals surface area contributed by atoms with Crippen molar-refractivity contribution in [2.24, 2.45) is 11.8 Å². The lowest BCUT2D eigenvalue weighted by molar-refractivity contribution is -0.148. The fraction of sp³-hybridized carbons (Fsp3) is 0.385. The van der Waals surface area contributed by atoms with Gasteiger partial charge in [-0.1, -0.05) is 13.8 Å². The van der Waals surface area contributed by atoms with Crippen molar-refractivity contribution in [1.82, 2.24) is 5.32 Å². The highest BCUT2D eigenvalue weighted by Crippen LogP contribution is 2.12. The number of hydrogen-bond acceptors (Lipinski definition) is 2. The van der Waals surface area contributed by atoms with Gasteiger partial charge in [0.05, 0.1) is 0 Å². The minimum atomic E-state index is -1.22. The summed E-state index contributed by atoms with van der Waals surface area (Å²) in [6.45, 7) is 3.10. The Hall–Kier alpha value is -1.98. The van der Waals surface area contributed by atoms with E-state index in [0.29, 0.717) is 0 Å².